The second-order valence-corrected chi connectivity index (χ2v) is 6.24. The molecule has 1 aromatic heterocycles. The quantitative estimate of drug-likeness (QED) is 0.716. The lowest BCUT2D eigenvalue weighted by atomic mass is 10.1. The van der Waals surface area contributed by atoms with Crippen LogP contribution >= 0.6 is 0 Å². The number of aromatic nitrogens is 4. The van der Waals surface area contributed by atoms with Crippen molar-refractivity contribution in [2.75, 3.05) is 19.7 Å². The van der Waals surface area contributed by atoms with Crippen LogP contribution in [0.15, 0.2) is 60.7 Å². The molecule has 0 radical (unpaired) electrons. The Morgan fingerprint density at radius 3 is 2.52 bits per heavy atom. The van der Waals surface area contributed by atoms with E-state index in [0.717, 1.165) is 32.1 Å². The van der Waals surface area contributed by atoms with E-state index < -0.39 is 0 Å². The molecule has 0 spiro atoms. The Hall–Kier alpha value is -2.57. The molecule has 0 amide bonds. The Kier molecular flexibility index (Phi) is 4.81. The molecule has 2 heterocycles. The van der Waals surface area contributed by atoms with Gasteiger partial charge in [-0.15, -0.1) is 5.10 Å². The first-order valence-electron chi connectivity index (χ1n) is 8.56. The van der Waals surface area contributed by atoms with E-state index in [1.54, 1.807) is 0 Å². The third-order valence-electron chi connectivity index (χ3n) is 4.47. The van der Waals surface area contributed by atoms with Crippen LogP contribution in [0, 0.1) is 0 Å². The van der Waals surface area contributed by atoms with E-state index in [1.807, 2.05) is 28.9 Å². The highest BCUT2D eigenvalue weighted by molar-refractivity contribution is 5.18. The first kappa shape index (κ1) is 15.9. The maximum absolute atomic E-state index is 5.94. The summed E-state index contributed by atoms with van der Waals surface area (Å²) < 4.78 is 7.82. The van der Waals surface area contributed by atoms with Gasteiger partial charge in [-0.2, -0.15) is 0 Å². The molecule has 0 bridgehead atoms. The van der Waals surface area contributed by atoms with Gasteiger partial charge in [-0.1, -0.05) is 60.7 Å². The molecule has 0 saturated carbocycles. The molecule has 6 heteroatoms. The number of hydrogen-bond acceptors (Lipinski definition) is 5. The van der Waals surface area contributed by atoms with Gasteiger partial charge >= 0.3 is 0 Å². The average Bonchev–Trinajstić information content (AvgIpc) is 3.10. The third-order valence-corrected chi connectivity index (χ3v) is 4.47. The number of nitrogens with zero attached hydrogens (tertiary/aromatic N) is 5. The molecule has 1 aliphatic rings. The number of morpholine rings is 1. The zero-order chi connectivity index (χ0) is 16.9. The average molecular weight is 335 g/mol. The van der Waals surface area contributed by atoms with Gasteiger partial charge in [0.1, 0.15) is 0 Å². The van der Waals surface area contributed by atoms with Crippen molar-refractivity contribution in [3.05, 3.63) is 77.6 Å². The normalized spacial score (nSPS) is 18.3. The lowest BCUT2D eigenvalue weighted by Crippen LogP contribution is -2.38. The van der Waals surface area contributed by atoms with Crippen molar-refractivity contribution in [3.8, 4) is 0 Å². The molecule has 6 nitrogen and oxygen atoms in total. The lowest BCUT2D eigenvalue weighted by molar-refractivity contribution is -0.0340. The summed E-state index contributed by atoms with van der Waals surface area (Å²) in [6.07, 6.45) is 0.105. The molecule has 128 valence electrons. The minimum Gasteiger partial charge on any atom is -0.371 e. The summed E-state index contributed by atoms with van der Waals surface area (Å²) in [6, 6.07) is 20.6. The van der Waals surface area contributed by atoms with Gasteiger partial charge in [0.05, 0.1) is 25.8 Å². The fourth-order valence-corrected chi connectivity index (χ4v) is 3.13. The molecule has 1 fully saturated rings. The Morgan fingerprint density at radius 1 is 0.960 bits per heavy atom. The summed E-state index contributed by atoms with van der Waals surface area (Å²) in [4.78, 5) is 2.36. The van der Waals surface area contributed by atoms with Crippen LogP contribution in [0.25, 0.3) is 0 Å². The van der Waals surface area contributed by atoms with E-state index in [2.05, 4.69) is 56.8 Å². The molecule has 1 saturated heterocycles. The fourth-order valence-electron chi connectivity index (χ4n) is 3.13. The minimum absolute atomic E-state index is 0.105. The zero-order valence-electron chi connectivity index (χ0n) is 14.0. The fraction of sp³-hybridized carbons (Fsp3) is 0.316. The molecular formula is C19H21N5O. The number of rotatable bonds is 5. The molecule has 3 aromatic rings. The third kappa shape index (κ3) is 3.92. The van der Waals surface area contributed by atoms with E-state index in [0.29, 0.717) is 6.54 Å². The minimum atomic E-state index is 0.105. The van der Waals surface area contributed by atoms with E-state index in [-0.39, 0.29) is 6.10 Å². The predicted molar refractivity (Wildman–Crippen MR) is 93.8 cm³/mol. The van der Waals surface area contributed by atoms with Crippen LogP contribution in [-0.2, 0) is 17.8 Å². The lowest BCUT2D eigenvalue weighted by Gasteiger charge is -2.32. The van der Waals surface area contributed by atoms with Crippen LogP contribution in [-0.4, -0.2) is 44.8 Å². The molecular weight excluding hydrogens is 314 g/mol. The molecule has 0 N–H and O–H groups in total. The Balaban J connectivity index is 1.43. The summed E-state index contributed by atoms with van der Waals surface area (Å²) in [5.74, 6) is 0.887. The Morgan fingerprint density at radius 2 is 1.72 bits per heavy atom. The second-order valence-electron chi connectivity index (χ2n) is 6.24. The van der Waals surface area contributed by atoms with Crippen molar-refractivity contribution in [1.82, 2.24) is 25.1 Å². The van der Waals surface area contributed by atoms with Gasteiger partial charge in [0.15, 0.2) is 5.82 Å². The molecule has 2 aromatic carbocycles. The van der Waals surface area contributed by atoms with Crippen molar-refractivity contribution in [2.45, 2.75) is 19.2 Å². The van der Waals surface area contributed by atoms with Gasteiger partial charge in [-0.3, -0.25) is 4.90 Å². The van der Waals surface area contributed by atoms with Crippen LogP contribution in [0.4, 0.5) is 0 Å². The van der Waals surface area contributed by atoms with Gasteiger partial charge in [0.25, 0.3) is 0 Å². The van der Waals surface area contributed by atoms with E-state index in [1.165, 1.54) is 11.1 Å². The topological polar surface area (TPSA) is 56.1 Å². The summed E-state index contributed by atoms with van der Waals surface area (Å²) in [5, 5.41) is 12.2. The zero-order valence-corrected chi connectivity index (χ0v) is 14.0. The standard InChI is InChI=1S/C19H21N5O/c1-3-7-16(8-4-1)13-24-19(20-21-22-24)15-23-11-12-25-18(14-23)17-9-5-2-6-10-17/h1-10,18H,11-15H2. The molecule has 25 heavy (non-hydrogen) atoms. The van der Waals surface area contributed by atoms with E-state index in [9.17, 15) is 0 Å². The molecule has 1 aliphatic heterocycles. The predicted octanol–water partition coefficient (Wildman–Crippen LogP) is 2.29. The van der Waals surface area contributed by atoms with Crippen LogP contribution in [0.1, 0.15) is 23.1 Å². The van der Waals surface area contributed by atoms with Crippen molar-refractivity contribution in [3.63, 3.8) is 0 Å². The highest BCUT2D eigenvalue weighted by Gasteiger charge is 2.23. The van der Waals surface area contributed by atoms with Crippen molar-refractivity contribution < 1.29 is 4.74 Å². The summed E-state index contributed by atoms with van der Waals surface area (Å²) in [5.41, 5.74) is 2.41. The number of benzene rings is 2. The summed E-state index contributed by atoms with van der Waals surface area (Å²) in [6.45, 7) is 3.88. The second kappa shape index (κ2) is 7.55. The highest BCUT2D eigenvalue weighted by atomic mass is 16.5. The first-order chi connectivity index (χ1) is 12.4. The van der Waals surface area contributed by atoms with Crippen molar-refractivity contribution in [2.24, 2.45) is 0 Å². The first-order valence-corrected chi connectivity index (χ1v) is 8.56. The Bertz CT molecular complexity index is 790. The SMILES string of the molecule is c1ccc(Cn2nnnc2CN2CCOC(c3ccccc3)C2)cc1. The molecule has 4 rings (SSSR count). The van der Waals surface area contributed by atoms with E-state index in [4.69, 9.17) is 4.74 Å². The molecule has 1 atom stereocenters. The maximum Gasteiger partial charge on any atom is 0.165 e. The number of ether oxygens (including phenoxy) is 1. The van der Waals surface area contributed by atoms with Crippen molar-refractivity contribution >= 4 is 0 Å². The van der Waals surface area contributed by atoms with Crippen LogP contribution in [0.3, 0.4) is 0 Å². The highest BCUT2D eigenvalue weighted by Crippen LogP contribution is 2.22. The maximum atomic E-state index is 5.94. The van der Waals surface area contributed by atoms with Crippen LogP contribution in [0.2, 0.25) is 0 Å². The molecule has 0 aliphatic carbocycles. The summed E-state index contributed by atoms with van der Waals surface area (Å²) >= 11 is 0. The Labute approximate surface area is 147 Å². The summed E-state index contributed by atoms with van der Waals surface area (Å²) in [7, 11) is 0. The van der Waals surface area contributed by atoms with Gasteiger partial charge in [0, 0.05) is 13.1 Å². The number of hydrogen-bond donors (Lipinski definition) is 0. The van der Waals surface area contributed by atoms with Crippen molar-refractivity contribution in [1.29, 1.82) is 0 Å². The van der Waals surface area contributed by atoms with Crippen LogP contribution in [0.5, 0.6) is 0 Å². The monoisotopic (exact) mass is 335 g/mol. The van der Waals surface area contributed by atoms with Crippen LogP contribution < -0.4 is 0 Å². The van der Waals surface area contributed by atoms with Gasteiger partial charge in [-0.05, 0) is 21.6 Å². The van der Waals surface area contributed by atoms with Gasteiger partial charge in [-0.25, -0.2) is 4.68 Å². The largest absolute Gasteiger partial charge is 0.371 e. The number of tetrazole rings is 1. The molecule has 1 unspecified atom stereocenters. The van der Waals surface area contributed by atoms with E-state index >= 15 is 0 Å². The smallest absolute Gasteiger partial charge is 0.165 e. The van der Waals surface area contributed by atoms with Gasteiger partial charge < -0.3 is 4.74 Å². The van der Waals surface area contributed by atoms with Gasteiger partial charge in [0.2, 0.25) is 0 Å².